The van der Waals surface area contributed by atoms with E-state index in [1.54, 1.807) is 31.4 Å². The highest BCUT2D eigenvalue weighted by Crippen LogP contribution is 2.12. The first kappa shape index (κ1) is 16.3. The quantitative estimate of drug-likeness (QED) is 0.625. The SMILES string of the molecule is CCOC(=NC(=O)c1ccc(OC)cc1)N1CCN(C)CC1. The predicted octanol–water partition coefficient (Wildman–Crippen LogP) is 1.48. The highest BCUT2D eigenvalue weighted by molar-refractivity contribution is 6.01. The van der Waals surface area contributed by atoms with E-state index < -0.39 is 0 Å². The Labute approximate surface area is 131 Å². The summed E-state index contributed by atoms with van der Waals surface area (Å²) < 4.78 is 10.7. The van der Waals surface area contributed by atoms with Crippen molar-refractivity contribution < 1.29 is 14.3 Å². The van der Waals surface area contributed by atoms with Crippen LogP contribution in [0.15, 0.2) is 29.3 Å². The van der Waals surface area contributed by atoms with E-state index in [1.165, 1.54) is 0 Å². The molecular weight excluding hydrogens is 282 g/mol. The van der Waals surface area contributed by atoms with Gasteiger partial charge in [-0.15, -0.1) is 0 Å². The lowest BCUT2D eigenvalue weighted by atomic mass is 10.2. The number of rotatable bonds is 3. The van der Waals surface area contributed by atoms with Crippen LogP contribution in [0.4, 0.5) is 0 Å². The number of aliphatic imine (C=N–C) groups is 1. The van der Waals surface area contributed by atoms with Crippen molar-refractivity contribution >= 4 is 11.9 Å². The molecule has 1 aliphatic rings. The summed E-state index contributed by atoms with van der Waals surface area (Å²) in [5.74, 6) is 0.412. The molecule has 1 heterocycles. The molecule has 0 spiro atoms. The van der Waals surface area contributed by atoms with Gasteiger partial charge in [-0.25, -0.2) is 0 Å². The number of nitrogens with zero attached hydrogens (tertiary/aromatic N) is 3. The molecular formula is C16H23N3O3. The third-order valence-corrected chi connectivity index (χ3v) is 3.58. The Bertz CT molecular complexity index is 520. The molecule has 1 aliphatic heterocycles. The monoisotopic (exact) mass is 305 g/mol. The van der Waals surface area contributed by atoms with Crippen molar-refractivity contribution in [3.8, 4) is 5.75 Å². The van der Waals surface area contributed by atoms with Crippen molar-refractivity contribution in [3.63, 3.8) is 0 Å². The van der Waals surface area contributed by atoms with Crippen molar-refractivity contribution in [2.75, 3.05) is 46.9 Å². The highest BCUT2D eigenvalue weighted by atomic mass is 16.5. The normalized spacial score (nSPS) is 16.5. The van der Waals surface area contributed by atoms with Crippen molar-refractivity contribution in [1.29, 1.82) is 0 Å². The Hall–Kier alpha value is -2.08. The first-order chi connectivity index (χ1) is 10.6. The third kappa shape index (κ3) is 4.21. The van der Waals surface area contributed by atoms with Gasteiger partial charge in [0.2, 0.25) is 0 Å². The van der Waals surface area contributed by atoms with E-state index >= 15 is 0 Å². The fraction of sp³-hybridized carbons (Fsp3) is 0.500. The maximum atomic E-state index is 12.3. The summed E-state index contributed by atoms with van der Waals surface area (Å²) in [4.78, 5) is 20.7. The van der Waals surface area contributed by atoms with Gasteiger partial charge in [-0.1, -0.05) is 0 Å². The van der Waals surface area contributed by atoms with Gasteiger partial charge >= 0.3 is 0 Å². The summed E-state index contributed by atoms with van der Waals surface area (Å²) in [7, 11) is 3.67. The van der Waals surface area contributed by atoms with Crippen molar-refractivity contribution in [1.82, 2.24) is 9.80 Å². The summed E-state index contributed by atoms with van der Waals surface area (Å²) in [6.45, 7) is 5.87. The molecule has 0 aromatic heterocycles. The van der Waals surface area contributed by atoms with Crippen LogP contribution in [0, 0.1) is 0 Å². The number of hydrogen-bond donors (Lipinski definition) is 0. The van der Waals surface area contributed by atoms with E-state index in [0.717, 1.165) is 26.2 Å². The molecule has 0 unspecified atom stereocenters. The van der Waals surface area contributed by atoms with E-state index in [0.29, 0.717) is 23.9 Å². The van der Waals surface area contributed by atoms with Crippen molar-refractivity contribution in [2.24, 2.45) is 4.99 Å². The molecule has 0 atom stereocenters. The van der Waals surface area contributed by atoms with Gasteiger partial charge in [0, 0.05) is 31.7 Å². The largest absolute Gasteiger partial charge is 0.497 e. The van der Waals surface area contributed by atoms with Crippen LogP contribution in [0.1, 0.15) is 17.3 Å². The van der Waals surface area contributed by atoms with Gasteiger partial charge < -0.3 is 19.3 Å². The predicted molar refractivity (Wildman–Crippen MR) is 85.5 cm³/mol. The van der Waals surface area contributed by atoms with E-state index in [2.05, 4.69) is 16.9 Å². The zero-order valence-corrected chi connectivity index (χ0v) is 13.4. The second-order valence-corrected chi connectivity index (χ2v) is 5.15. The Morgan fingerprint density at radius 1 is 1.18 bits per heavy atom. The van der Waals surface area contributed by atoms with Crippen LogP contribution in [0.3, 0.4) is 0 Å². The van der Waals surface area contributed by atoms with Crippen molar-refractivity contribution in [3.05, 3.63) is 29.8 Å². The molecule has 0 saturated carbocycles. The minimum atomic E-state index is -0.301. The lowest BCUT2D eigenvalue weighted by Gasteiger charge is -2.33. The van der Waals surface area contributed by atoms with E-state index in [4.69, 9.17) is 9.47 Å². The Morgan fingerprint density at radius 3 is 2.36 bits per heavy atom. The molecule has 2 rings (SSSR count). The number of likely N-dealkylation sites (N-methyl/N-ethyl adjacent to an activating group) is 1. The van der Waals surface area contributed by atoms with Gasteiger partial charge in [0.1, 0.15) is 5.75 Å². The number of amides is 1. The highest BCUT2D eigenvalue weighted by Gasteiger charge is 2.20. The molecule has 0 N–H and O–H groups in total. The summed E-state index contributed by atoms with van der Waals surface area (Å²) in [5.41, 5.74) is 0.520. The van der Waals surface area contributed by atoms with Crippen LogP contribution in [0.25, 0.3) is 0 Å². The summed E-state index contributed by atoms with van der Waals surface area (Å²) in [5, 5.41) is 0. The molecule has 120 valence electrons. The molecule has 1 saturated heterocycles. The van der Waals surface area contributed by atoms with E-state index in [-0.39, 0.29) is 5.91 Å². The van der Waals surface area contributed by atoms with Crippen LogP contribution in [0.2, 0.25) is 0 Å². The molecule has 1 amide bonds. The summed E-state index contributed by atoms with van der Waals surface area (Å²) in [6, 6.07) is 7.32. The number of piperazine rings is 1. The first-order valence-electron chi connectivity index (χ1n) is 7.47. The molecule has 6 nitrogen and oxygen atoms in total. The minimum absolute atomic E-state index is 0.301. The first-order valence-corrected chi connectivity index (χ1v) is 7.47. The van der Waals surface area contributed by atoms with Crippen LogP contribution >= 0.6 is 0 Å². The lowest BCUT2D eigenvalue weighted by molar-refractivity contribution is 0.0990. The zero-order chi connectivity index (χ0) is 15.9. The number of amidine groups is 1. The molecule has 1 aromatic rings. The van der Waals surface area contributed by atoms with Gasteiger partial charge in [0.15, 0.2) is 0 Å². The Kier molecular flexibility index (Phi) is 5.77. The second-order valence-electron chi connectivity index (χ2n) is 5.15. The van der Waals surface area contributed by atoms with Gasteiger partial charge in [0.25, 0.3) is 11.9 Å². The molecule has 0 radical (unpaired) electrons. The Balaban J connectivity index is 2.11. The molecule has 0 bridgehead atoms. The van der Waals surface area contributed by atoms with Gasteiger partial charge in [-0.3, -0.25) is 4.79 Å². The van der Waals surface area contributed by atoms with Crippen LogP contribution in [-0.2, 0) is 4.74 Å². The van der Waals surface area contributed by atoms with Crippen LogP contribution in [-0.4, -0.2) is 68.7 Å². The van der Waals surface area contributed by atoms with Gasteiger partial charge in [-0.2, -0.15) is 4.99 Å². The smallest absolute Gasteiger partial charge is 0.295 e. The fourth-order valence-electron chi connectivity index (χ4n) is 2.21. The molecule has 0 aliphatic carbocycles. The van der Waals surface area contributed by atoms with Crippen LogP contribution < -0.4 is 4.74 Å². The maximum Gasteiger partial charge on any atom is 0.295 e. The Morgan fingerprint density at radius 2 is 1.82 bits per heavy atom. The fourth-order valence-corrected chi connectivity index (χ4v) is 2.21. The number of methoxy groups -OCH3 is 1. The number of carbonyl (C=O) groups excluding carboxylic acids is 1. The van der Waals surface area contributed by atoms with Crippen LogP contribution in [0.5, 0.6) is 5.75 Å². The summed E-state index contributed by atoms with van der Waals surface area (Å²) >= 11 is 0. The van der Waals surface area contributed by atoms with Gasteiger partial charge in [0.05, 0.1) is 13.7 Å². The maximum absolute atomic E-state index is 12.3. The molecule has 6 heteroatoms. The average molecular weight is 305 g/mol. The minimum Gasteiger partial charge on any atom is -0.497 e. The standard InChI is InChI=1S/C16H23N3O3/c1-4-22-16(19-11-9-18(2)10-12-19)17-15(20)13-5-7-14(21-3)8-6-13/h5-8H,4,9-12H2,1-3H3. The molecule has 1 aromatic carbocycles. The van der Waals surface area contributed by atoms with E-state index in [9.17, 15) is 4.79 Å². The number of hydrogen-bond acceptors (Lipinski definition) is 4. The lowest BCUT2D eigenvalue weighted by Crippen LogP contribution is -2.48. The summed E-state index contributed by atoms with van der Waals surface area (Å²) in [6.07, 6.45) is 0. The average Bonchev–Trinajstić information content (AvgIpc) is 2.55. The van der Waals surface area contributed by atoms with E-state index in [1.807, 2.05) is 11.8 Å². The zero-order valence-electron chi connectivity index (χ0n) is 13.4. The molecule has 22 heavy (non-hydrogen) atoms. The number of carbonyl (C=O) groups is 1. The number of benzene rings is 1. The second kappa shape index (κ2) is 7.79. The molecule has 1 fully saturated rings. The van der Waals surface area contributed by atoms with Crippen molar-refractivity contribution in [2.45, 2.75) is 6.92 Å². The third-order valence-electron chi connectivity index (χ3n) is 3.58. The topological polar surface area (TPSA) is 54.4 Å². The number of ether oxygens (including phenoxy) is 2. The van der Waals surface area contributed by atoms with Gasteiger partial charge in [-0.05, 0) is 38.2 Å².